The third kappa shape index (κ3) is 3.75. The number of amides is 1. The first-order chi connectivity index (χ1) is 5.61. The van der Waals surface area contributed by atoms with Gasteiger partial charge in [0.05, 0.1) is 12.6 Å². The van der Waals surface area contributed by atoms with Crippen LogP contribution in [0.5, 0.6) is 0 Å². The van der Waals surface area contributed by atoms with E-state index in [4.69, 9.17) is 0 Å². The maximum absolute atomic E-state index is 10.9. The summed E-state index contributed by atoms with van der Waals surface area (Å²) in [4.78, 5) is 21.6. The molecule has 0 rings (SSSR count). The Hall–Kier alpha value is -1.32. The van der Waals surface area contributed by atoms with Crippen LogP contribution in [-0.4, -0.2) is 24.5 Å². The van der Waals surface area contributed by atoms with Gasteiger partial charge in [0, 0.05) is 0 Å². The first-order valence-corrected chi connectivity index (χ1v) is 3.71. The quantitative estimate of drug-likeness (QED) is 0.639. The van der Waals surface area contributed by atoms with E-state index in [1.54, 1.807) is 13.8 Å². The van der Waals surface area contributed by atoms with E-state index in [9.17, 15) is 9.59 Å². The Bertz CT molecular complexity index is 189. The Labute approximate surface area is 71.6 Å². The van der Waals surface area contributed by atoms with E-state index in [2.05, 4.69) is 16.6 Å². The molecule has 1 atom stereocenters. The van der Waals surface area contributed by atoms with E-state index in [1.165, 1.54) is 0 Å². The maximum atomic E-state index is 10.9. The van der Waals surface area contributed by atoms with E-state index >= 15 is 0 Å². The van der Waals surface area contributed by atoms with Crippen LogP contribution in [-0.2, 0) is 9.53 Å². The molecule has 0 bridgehead atoms. The number of alkyl carbamates (subject to hydrolysis) is 1. The summed E-state index contributed by atoms with van der Waals surface area (Å²) in [5, 5.41) is 2.35. The fraction of sp³-hybridized carbons (Fsp3) is 0.500. The van der Waals surface area contributed by atoms with Crippen LogP contribution in [0.15, 0.2) is 12.7 Å². The Morgan fingerprint density at radius 3 is 2.67 bits per heavy atom. The molecule has 0 aromatic heterocycles. The van der Waals surface area contributed by atoms with Crippen molar-refractivity contribution in [3.8, 4) is 0 Å². The number of rotatable bonds is 4. The monoisotopic (exact) mass is 171 g/mol. The molecule has 0 aromatic rings. The molecule has 0 aliphatic heterocycles. The molecular formula is C8H13NO3. The van der Waals surface area contributed by atoms with E-state index < -0.39 is 12.1 Å². The average molecular weight is 171 g/mol. The second-order valence-electron chi connectivity index (χ2n) is 2.19. The first kappa shape index (κ1) is 10.7. The third-order valence-electron chi connectivity index (χ3n) is 1.24. The van der Waals surface area contributed by atoms with Gasteiger partial charge in [-0.3, -0.25) is 4.79 Å². The number of carbonyl (C=O) groups excluding carboxylic acids is 2. The van der Waals surface area contributed by atoms with Gasteiger partial charge in [-0.2, -0.15) is 0 Å². The molecule has 0 saturated carbocycles. The van der Waals surface area contributed by atoms with Gasteiger partial charge in [0.2, 0.25) is 0 Å². The predicted octanol–water partition coefficient (Wildman–Crippen LogP) is 0.876. The molecule has 0 saturated heterocycles. The number of carbonyl (C=O) groups is 2. The van der Waals surface area contributed by atoms with Gasteiger partial charge < -0.3 is 10.1 Å². The highest BCUT2D eigenvalue weighted by molar-refractivity contribution is 5.95. The topological polar surface area (TPSA) is 55.4 Å². The van der Waals surface area contributed by atoms with Crippen LogP contribution in [0.1, 0.15) is 13.8 Å². The molecule has 12 heavy (non-hydrogen) atoms. The normalized spacial score (nSPS) is 11.5. The third-order valence-corrected chi connectivity index (χ3v) is 1.24. The van der Waals surface area contributed by atoms with Gasteiger partial charge in [-0.05, 0) is 19.9 Å². The highest BCUT2D eigenvalue weighted by atomic mass is 16.5. The summed E-state index contributed by atoms with van der Waals surface area (Å²) in [6.45, 7) is 6.85. The summed E-state index contributed by atoms with van der Waals surface area (Å²) < 4.78 is 4.57. The zero-order chi connectivity index (χ0) is 9.56. The first-order valence-electron chi connectivity index (χ1n) is 3.71. The highest BCUT2D eigenvalue weighted by Gasteiger charge is 2.12. The van der Waals surface area contributed by atoms with E-state index in [-0.39, 0.29) is 5.78 Å². The van der Waals surface area contributed by atoms with Crippen molar-refractivity contribution in [1.82, 2.24) is 5.32 Å². The molecule has 0 spiro atoms. The second-order valence-corrected chi connectivity index (χ2v) is 2.19. The average Bonchev–Trinajstić information content (AvgIpc) is 2.03. The number of nitrogens with one attached hydrogen (secondary N) is 1. The number of hydrogen-bond donors (Lipinski definition) is 1. The van der Waals surface area contributed by atoms with Crippen LogP contribution >= 0.6 is 0 Å². The van der Waals surface area contributed by atoms with Gasteiger partial charge in [-0.15, -0.1) is 0 Å². The van der Waals surface area contributed by atoms with Crippen LogP contribution < -0.4 is 5.32 Å². The summed E-state index contributed by atoms with van der Waals surface area (Å²) >= 11 is 0. The predicted molar refractivity (Wildman–Crippen MR) is 44.8 cm³/mol. The Balaban J connectivity index is 3.83. The van der Waals surface area contributed by atoms with E-state index in [1.807, 2.05) is 0 Å². The van der Waals surface area contributed by atoms with E-state index in [0.29, 0.717) is 6.61 Å². The second kappa shape index (κ2) is 5.35. The molecule has 1 N–H and O–H groups in total. The zero-order valence-corrected chi connectivity index (χ0v) is 7.29. The molecule has 0 aliphatic carbocycles. The fourth-order valence-electron chi connectivity index (χ4n) is 0.597. The van der Waals surface area contributed by atoms with Crippen LogP contribution in [0.2, 0.25) is 0 Å². The van der Waals surface area contributed by atoms with Crippen molar-refractivity contribution >= 4 is 11.9 Å². The molecule has 1 amide bonds. The zero-order valence-electron chi connectivity index (χ0n) is 7.29. The number of ketones is 1. The molecule has 0 aromatic carbocycles. The van der Waals surface area contributed by atoms with Crippen molar-refractivity contribution in [3.05, 3.63) is 12.7 Å². The van der Waals surface area contributed by atoms with Crippen LogP contribution in [0.3, 0.4) is 0 Å². The Morgan fingerprint density at radius 2 is 2.25 bits per heavy atom. The van der Waals surface area contributed by atoms with Crippen molar-refractivity contribution in [1.29, 1.82) is 0 Å². The molecule has 68 valence electrons. The molecule has 0 aliphatic rings. The lowest BCUT2D eigenvalue weighted by atomic mass is 10.2. The smallest absolute Gasteiger partial charge is 0.407 e. The summed E-state index contributed by atoms with van der Waals surface area (Å²) in [6.07, 6.45) is 0.580. The Morgan fingerprint density at radius 1 is 1.67 bits per heavy atom. The van der Waals surface area contributed by atoms with Gasteiger partial charge in [-0.1, -0.05) is 6.58 Å². The summed E-state index contributed by atoms with van der Waals surface area (Å²) in [5.74, 6) is -0.233. The van der Waals surface area contributed by atoms with Gasteiger partial charge in [0.25, 0.3) is 0 Å². The van der Waals surface area contributed by atoms with E-state index in [0.717, 1.165) is 6.08 Å². The van der Waals surface area contributed by atoms with Crippen molar-refractivity contribution in [3.63, 3.8) is 0 Å². The molecule has 0 fully saturated rings. The highest BCUT2D eigenvalue weighted by Crippen LogP contribution is 1.87. The number of hydrogen-bond acceptors (Lipinski definition) is 3. The summed E-state index contributed by atoms with van der Waals surface area (Å²) in [6, 6.07) is -0.568. The SMILES string of the molecule is C=CC(=O)C(C)NC(=O)OCC. The minimum atomic E-state index is -0.583. The summed E-state index contributed by atoms with van der Waals surface area (Å²) in [5.41, 5.74) is 0. The van der Waals surface area contributed by atoms with Gasteiger partial charge in [0.1, 0.15) is 0 Å². The minimum Gasteiger partial charge on any atom is -0.450 e. The fourth-order valence-corrected chi connectivity index (χ4v) is 0.597. The molecular weight excluding hydrogens is 158 g/mol. The van der Waals surface area contributed by atoms with Crippen LogP contribution in [0.25, 0.3) is 0 Å². The Kier molecular flexibility index (Phi) is 4.76. The van der Waals surface area contributed by atoms with Gasteiger partial charge in [-0.25, -0.2) is 4.79 Å². The lowest BCUT2D eigenvalue weighted by Crippen LogP contribution is -2.37. The van der Waals surface area contributed by atoms with Crippen molar-refractivity contribution < 1.29 is 14.3 Å². The maximum Gasteiger partial charge on any atom is 0.407 e. The molecule has 0 radical (unpaired) electrons. The number of ether oxygens (including phenoxy) is 1. The van der Waals surface area contributed by atoms with Crippen LogP contribution in [0.4, 0.5) is 4.79 Å². The molecule has 0 heterocycles. The van der Waals surface area contributed by atoms with Crippen LogP contribution in [0, 0.1) is 0 Å². The standard InChI is InChI=1S/C8H13NO3/c1-4-7(10)6(3)9-8(11)12-5-2/h4,6H,1,5H2,2-3H3,(H,9,11). The molecule has 1 unspecified atom stereocenters. The van der Waals surface area contributed by atoms with Gasteiger partial charge in [0.15, 0.2) is 5.78 Å². The summed E-state index contributed by atoms with van der Waals surface area (Å²) in [7, 11) is 0. The largest absolute Gasteiger partial charge is 0.450 e. The van der Waals surface area contributed by atoms with Crippen molar-refractivity contribution in [2.24, 2.45) is 0 Å². The van der Waals surface area contributed by atoms with Crippen molar-refractivity contribution in [2.45, 2.75) is 19.9 Å². The van der Waals surface area contributed by atoms with Gasteiger partial charge >= 0.3 is 6.09 Å². The molecule has 4 nitrogen and oxygen atoms in total. The minimum absolute atomic E-state index is 0.233. The van der Waals surface area contributed by atoms with Crippen molar-refractivity contribution in [2.75, 3.05) is 6.61 Å². The lowest BCUT2D eigenvalue weighted by Gasteiger charge is -2.09. The molecule has 4 heteroatoms. The lowest BCUT2D eigenvalue weighted by molar-refractivity contribution is -0.116.